The van der Waals surface area contributed by atoms with Crippen LogP contribution in [0.2, 0.25) is 0 Å². The summed E-state index contributed by atoms with van der Waals surface area (Å²) in [5.74, 6) is -1.22. The molecule has 23 heteroatoms. The van der Waals surface area contributed by atoms with Gasteiger partial charge in [-0.05, 0) is 91.2 Å². The standard InChI is InChI=1S/C48H67N6O15PS/c1-12-30-22-48(30,70(60,64-25-62-45(58)66-28(4)5)65-26-63-46(59)67-29(6)7)53-41(55)38-20-33(23-54(38)42(56)40(47(8,9)10)52-44(57)69-31-15-13-14-16-31)68-39-21-36(37-24-71-43(51-37)49-27(2)3)50-35-19-32(61-11)17-18-34(35)39/h12,17-19,21,24,27-31,33,38,40H,1,13-16,20,22-23,25-26H2,2-11H3,(H,49,51)(H,52,57)(H,53,55)/t30-,33-,38+,40-,48+/m1/s1. The first-order chi connectivity index (χ1) is 33.5. The summed E-state index contributed by atoms with van der Waals surface area (Å²) in [5, 5.41) is 10.3. The molecule has 0 spiro atoms. The van der Waals surface area contributed by atoms with E-state index in [1.807, 2.05) is 19.2 Å². The van der Waals surface area contributed by atoms with Gasteiger partial charge in [-0.2, -0.15) is 0 Å². The van der Waals surface area contributed by atoms with Crippen LogP contribution < -0.4 is 25.4 Å². The van der Waals surface area contributed by atoms with Crippen LogP contribution in [0.4, 0.5) is 19.5 Å². The van der Waals surface area contributed by atoms with Crippen LogP contribution in [0.15, 0.2) is 42.3 Å². The van der Waals surface area contributed by atoms with Crippen molar-refractivity contribution in [1.29, 1.82) is 0 Å². The summed E-state index contributed by atoms with van der Waals surface area (Å²) in [5.41, 5.74) is 0.720. The van der Waals surface area contributed by atoms with Crippen molar-refractivity contribution in [1.82, 2.24) is 25.5 Å². The topological polar surface area (TPSA) is 251 Å². The Morgan fingerprint density at radius 3 is 2.14 bits per heavy atom. The number of benzene rings is 1. The first-order valence-electron chi connectivity index (χ1n) is 23.7. The molecule has 1 aromatic carbocycles. The van der Waals surface area contributed by atoms with Crippen molar-refractivity contribution in [3.63, 3.8) is 0 Å². The zero-order valence-electron chi connectivity index (χ0n) is 42.0. The minimum atomic E-state index is -4.73. The normalized spacial score (nSPS) is 20.6. The Balaban J connectivity index is 1.36. The van der Waals surface area contributed by atoms with Gasteiger partial charge in [0.2, 0.25) is 25.4 Å². The number of alkyl carbamates (subject to hydrolysis) is 1. The van der Waals surface area contributed by atoms with Crippen LogP contribution in [-0.2, 0) is 46.9 Å². The molecule has 3 aromatic rings. The second-order valence-corrected chi connectivity index (χ2v) is 22.7. The van der Waals surface area contributed by atoms with E-state index in [0.717, 1.165) is 12.8 Å². The lowest BCUT2D eigenvalue weighted by Crippen LogP contribution is -2.58. The number of hydrogen-bond donors (Lipinski definition) is 3. The lowest BCUT2D eigenvalue weighted by Gasteiger charge is -2.36. The van der Waals surface area contributed by atoms with Crippen LogP contribution in [0.25, 0.3) is 22.3 Å². The number of carbonyl (C=O) groups excluding carboxylic acids is 5. The lowest BCUT2D eigenvalue weighted by atomic mass is 9.85. The molecule has 3 heterocycles. The van der Waals surface area contributed by atoms with Gasteiger partial charge in [0, 0.05) is 41.3 Å². The third kappa shape index (κ3) is 13.8. The van der Waals surface area contributed by atoms with E-state index >= 15 is 14.2 Å². The number of nitrogens with zero attached hydrogens (tertiary/aromatic N) is 3. The van der Waals surface area contributed by atoms with Crippen molar-refractivity contribution < 1.29 is 70.7 Å². The fourth-order valence-electron chi connectivity index (χ4n) is 8.30. The van der Waals surface area contributed by atoms with Crippen LogP contribution in [0.1, 0.15) is 101 Å². The Morgan fingerprint density at radius 2 is 1.58 bits per heavy atom. The van der Waals surface area contributed by atoms with Gasteiger partial charge in [0.25, 0.3) is 0 Å². The van der Waals surface area contributed by atoms with Crippen molar-refractivity contribution in [3.05, 3.63) is 42.3 Å². The van der Waals surface area contributed by atoms with Crippen molar-refractivity contribution in [2.24, 2.45) is 11.3 Å². The molecule has 1 aliphatic heterocycles. The molecule has 0 bridgehead atoms. The highest BCUT2D eigenvalue weighted by molar-refractivity contribution is 7.56. The van der Waals surface area contributed by atoms with Gasteiger partial charge < -0.3 is 54.0 Å². The van der Waals surface area contributed by atoms with E-state index in [1.165, 1.54) is 22.3 Å². The van der Waals surface area contributed by atoms with Gasteiger partial charge in [0.1, 0.15) is 46.8 Å². The fourth-order valence-corrected chi connectivity index (χ4v) is 11.3. The van der Waals surface area contributed by atoms with E-state index in [9.17, 15) is 14.4 Å². The van der Waals surface area contributed by atoms with E-state index in [-0.39, 0.29) is 31.5 Å². The number of aromatic nitrogens is 2. The number of ether oxygens (including phenoxy) is 7. The average molecular weight is 1030 g/mol. The van der Waals surface area contributed by atoms with Crippen LogP contribution in [0, 0.1) is 11.3 Å². The number of rotatable bonds is 21. The molecular formula is C48H67N6O15PS. The van der Waals surface area contributed by atoms with Crippen LogP contribution >= 0.6 is 18.9 Å². The van der Waals surface area contributed by atoms with E-state index in [1.54, 1.807) is 79.8 Å². The van der Waals surface area contributed by atoms with Gasteiger partial charge in [-0.1, -0.05) is 26.8 Å². The summed E-state index contributed by atoms with van der Waals surface area (Å²) >= 11 is 1.42. The van der Waals surface area contributed by atoms with Gasteiger partial charge in [-0.3, -0.25) is 23.2 Å². The predicted octanol–water partition coefficient (Wildman–Crippen LogP) is 8.90. The average Bonchev–Trinajstić information content (AvgIpc) is 3.68. The Bertz CT molecular complexity index is 2420. The smallest absolute Gasteiger partial charge is 0.497 e. The second kappa shape index (κ2) is 23.2. The number of carbonyl (C=O) groups is 5. The van der Waals surface area contributed by atoms with Crippen molar-refractivity contribution in [2.45, 2.75) is 149 Å². The van der Waals surface area contributed by atoms with Crippen LogP contribution in [0.5, 0.6) is 11.5 Å². The van der Waals surface area contributed by atoms with Gasteiger partial charge in [-0.25, -0.2) is 24.4 Å². The van der Waals surface area contributed by atoms with Crippen LogP contribution in [0.3, 0.4) is 0 Å². The van der Waals surface area contributed by atoms with E-state index in [4.69, 9.17) is 52.2 Å². The first kappa shape index (κ1) is 54.6. The minimum Gasteiger partial charge on any atom is -0.497 e. The fraction of sp³-hybridized carbons (Fsp3) is 0.604. The molecule has 3 amide bonds. The number of thiazole rings is 1. The van der Waals surface area contributed by atoms with Gasteiger partial charge in [0.15, 0.2) is 5.13 Å². The zero-order valence-corrected chi connectivity index (χ0v) is 43.7. The van der Waals surface area contributed by atoms with Gasteiger partial charge in [-0.15, -0.1) is 17.9 Å². The molecule has 71 heavy (non-hydrogen) atoms. The number of nitrogens with one attached hydrogen (secondary N) is 3. The molecule has 3 aliphatic rings. The Hall–Kier alpha value is -5.70. The molecular weight excluding hydrogens is 964 g/mol. The largest absolute Gasteiger partial charge is 0.510 e. The van der Waals surface area contributed by atoms with Gasteiger partial charge in [0.05, 0.1) is 37.1 Å². The molecule has 5 atom stereocenters. The summed E-state index contributed by atoms with van der Waals surface area (Å²) in [4.78, 5) is 79.2. The molecule has 3 N–H and O–H groups in total. The van der Waals surface area contributed by atoms with E-state index in [2.05, 4.69) is 22.5 Å². The molecule has 0 radical (unpaired) electrons. The molecule has 1 saturated heterocycles. The molecule has 390 valence electrons. The zero-order chi connectivity index (χ0) is 51.8. The van der Waals surface area contributed by atoms with Gasteiger partial charge >= 0.3 is 26.0 Å². The number of amides is 3. The van der Waals surface area contributed by atoms with Crippen molar-refractivity contribution >= 4 is 65.2 Å². The number of anilines is 1. The summed E-state index contributed by atoms with van der Waals surface area (Å²) in [6, 6.07) is 4.71. The lowest BCUT2D eigenvalue weighted by molar-refractivity contribution is -0.142. The molecule has 21 nitrogen and oxygen atoms in total. The molecule has 2 aliphatic carbocycles. The summed E-state index contributed by atoms with van der Waals surface area (Å²) < 4.78 is 64.6. The van der Waals surface area contributed by atoms with E-state index in [0.29, 0.717) is 51.8 Å². The molecule has 2 saturated carbocycles. The molecule has 0 unspecified atom stereocenters. The van der Waals surface area contributed by atoms with Crippen LogP contribution in [-0.4, -0.2) is 120 Å². The molecule has 2 aromatic heterocycles. The van der Waals surface area contributed by atoms with Crippen molar-refractivity contribution in [2.75, 3.05) is 32.6 Å². The molecule has 3 fully saturated rings. The van der Waals surface area contributed by atoms with Crippen molar-refractivity contribution in [3.8, 4) is 22.9 Å². The Morgan fingerprint density at radius 1 is 0.930 bits per heavy atom. The quantitative estimate of drug-likeness (QED) is 0.0296. The number of likely N-dealkylation sites (tertiary alicyclic amines) is 1. The summed E-state index contributed by atoms with van der Waals surface area (Å²) in [7, 11) is -3.18. The number of pyridine rings is 1. The number of methoxy groups -OCH3 is 1. The van der Waals surface area contributed by atoms with E-state index < -0.39 is 98.4 Å². The highest BCUT2D eigenvalue weighted by Gasteiger charge is 2.69. The highest BCUT2D eigenvalue weighted by atomic mass is 32.1. The second-order valence-electron chi connectivity index (χ2n) is 19.5. The first-order valence-corrected chi connectivity index (χ1v) is 26.1. The number of fused-ring (bicyclic) bond motifs is 1. The summed E-state index contributed by atoms with van der Waals surface area (Å²) in [6.07, 6.45) is -0.736. The highest BCUT2D eigenvalue weighted by Crippen LogP contribution is 2.73. The Labute approximate surface area is 417 Å². The maximum Gasteiger partial charge on any atom is 0.510 e. The maximum absolute atomic E-state index is 15.1. The SMILES string of the molecule is C=C[C@@H]1C[C@]1(NC(=O)[C@@H]1C[C@@H](Oc2cc(-c3csc(NC(C)C)n3)nc3cc(OC)ccc23)CN1C(=O)[C@@H](NC(=O)OC1CCCC1)C(C)(C)C)P(=O)(OCOC(=O)OC(C)C)OCOC(=O)OC(C)C. The summed E-state index contributed by atoms with van der Waals surface area (Å²) in [6.45, 7) is 17.6. The monoisotopic (exact) mass is 1030 g/mol. The molecule has 6 rings (SSSR count). The maximum atomic E-state index is 15.1. The minimum absolute atomic E-state index is 0.0492. The third-order valence-electron chi connectivity index (χ3n) is 11.8. The predicted molar refractivity (Wildman–Crippen MR) is 262 cm³/mol. The third-order valence-corrected chi connectivity index (χ3v) is 15.1. The Kier molecular flexibility index (Phi) is 17.9. The number of hydrogen-bond acceptors (Lipinski definition) is 19.